The van der Waals surface area contributed by atoms with Crippen LogP contribution in [-0.2, 0) is 24.8 Å². The molecule has 0 unspecified atom stereocenters. The number of para-hydroxylation sites is 1. The van der Waals surface area contributed by atoms with Gasteiger partial charge in [0.05, 0.1) is 23.9 Å². The highest BCUT2D eigenvalue weighted by Gasteiger charge is 2.24. The number of rotatable bonds is 9. The maximum absolute atomic E-state index is 12.7. The molecule has 2 N–H and O–H groups in total. The molecule has 0 saturated heterocycles. The second-order valence-corrected chi connectivity index (χ2v) is 11.5. The summed E-state index contributed by atoms with van der Waals surface area (Å²) in [6, 6.07) is 17.4. The van der Waals surface area contributed by atoms with Gasteiger partial charge in [-0.2, -0.15) is 0 Å². The van der Waals surface area contributed by atoms with Crippen molar-refractivity contribution >= 4 is 43.0 Å². The van der Waals surface area contributed by atoms with E-state index in [2.05, 4.69) is 10.0 Å². The molecule has 3 rings (SSSR count). The van der Waals surface area contributed by atoms with Gasteiger partial charge in [-0.1, -0.05) is 18.2 Å². The summed E-state index contributed by atoms with van der Waals surface area (Å²) in [7, 11) is -6.07. The van der Waals surface area contributed by atoms with Crippen molar-refractivity contribution in [2.24, 2.45) is 0 Å². The normalized spacial score (nSPS) is 11.5. The zero-order valence-electron chi connectivity index (χ0n) is 19.8. The number of carbonyl (C=O) groups excluding carboxylic acids is 1. The summed E-state index contributed by atoms with van der Waals surface area (Å²) in [6.07, 6.45) is 1.04. The van der Waals surface area contributed by atoms with Gasteiger partial charge < -0.3 is 10.1 Å². The second kappa shape index (κ2) is 10.4. The van der Waals surface area contributed by atoms with Crippen molar-refractivity contribution in [1.29, 1.82) is 0 Å². The predicted molar refractivity (Wildman–Crippen MR) is 137 cm³/mol. The van der Waals surface area contributed by atoms with E-state index < -0.39 is 32.5 Å². The first kappa shape index (κ1) is 26.0. The van der Waals surface area contributed by atoms with E-state index in [1.807, 2.05) is 6.07 Å². The topological polar surface area (TPSA) is 122 Å². The molecule has 0 fully saturated rings. The number of methoxy groups -OCH3 is 1. The maximum atomic E-state index is 12.7. The molecule has 0 aliphatic rings. The molecular formula is C24H27N3O6S2. The molecule has 3 aromatic rings. The van der Waals surface area contributed by atoms with E-state index in [0.717, 1.165) is 21.7 Å². The maximum Gasteiger partial charge on any atom is 0.261 e. The van der Waals surface area contributed by atoms with Crippen LogP contribution in [0.3, 0.4) is 0 Å². The summed E-state index contributed by atoms with van der Waals surface area (Å²) in [5, 5.41) is 2.62. The van der Waals surface area contributed by atoms with Crippen molar-refractivity contribution in [3.63, 3.8) is 0 Å². The van der Waals surface area contributed by atoms with Crippen LogP contribution in [0, 0.1) is 13.8 Å². The van der Waals surface area contributed by atoms with Crippen molar-refractivity contribution in [2.75, 3.05) is 34.3 Å². The minimum Gasteiger partial charge on any atom is -0.497 e. The summed E-state index contributed by atoms with van der Waals surface area (Å²) in [5.41, 5.74) is 2.60. The summed E-state index contributed by atoms with van der Waals surface area (Å²) >= 11 is 0. The summed E-state index contributed by atoms with van der Waals surface area (Å²) in [6.45, 7) is 3.12. The number of benzene rings is 3. The van der Waals surface area contributed by atoms with Gasteiger partial charge in [0.25, 0.3) is 10.0 Å². The van der Waals surface area contributed by atoms with Crippen LogP contribution in [0.5, 0.6) is 5.75 Å². The van der Waals surface area contributed by atoms with E-state index >= 15 is 0 Å². The summed E-state index contributed by atoms with van der Waals surface area (Å²) < 4.78 is 58.8. The SMILES string of the molecule is COc1ccc(NS(=O)(=O)c2ccc(NC(=O)CN(c3c(C)cccc3C)S(C)(=O)=O)cc2)cc1. The standard InChI is InChI=1S/C24H27N3O6S2/c1-17-6-5-7-18(2)24(17)27(34(4,29)30)16-23(28)25-19-10-14-22(15-11-19)35(31,32)26-20-8-12-21(33-3)13-9-20/h5-15,26H,16H2,1-4H3,(H,25,28). The molecule has 35 heavy (non-hydrogen) atoms. The first-order chi connectivity index (χ1) is 16.4. The van der Waals surface area contributed by atoms with Crippen LogP contribution in [0.25, 0.3) is 0 Å². The third-order valence-electron chi connectivity index (χ3n) is 5.17. The lowest BCUT2D eigenvalue weighted by atomic mass is 10.1. The third-order valence-corrected chi connectivity index (χ3v) is 7.68. The average molecular weight is 518 g/mol. The van der Waals surface area contributed by atoms with Crippen molar-refractivity contribution in [1.82, 2.24) is 0 Å². The molecular weight excluding hydrogens is 490 g/mol. The minimum absolute atomic E-state index is 0.000357. The van der Waals surface area contributed by atoms with E-state index in [0.29, 0.717) is 22.8 Å². The largest absolute Gasteiger partial charge is 0.497 e. The van der Waals surface area contributed by atoms with Gasteiger partial charge in [-0.05, 0) is 73.5 Å². The number of hydrogen-bond acceptors (Lipinski definition) is 6. The molecule has 0 atom stereocenters. The summed E-state index contributed by atoms with van der Waals surface area (Å²) in [5.74, 6) is 0.0325. The van der Waals surface area contributed by atoms with Gasteiger partial charge >= 0.3 is 0 Å². The number of sulfonamides is 2. The number of anilines is 3. The van der Waals surface area contributed by atoms with E-state index in [9.17, 15) is 21.6 Å². The highest BCUT2D eigenvalue weighted by Crippen LogP contribution is 2.27. The highest BCUT2D eigenvalue weighted by molar-refractivity contribution is 7.92. The zero-order valence-corrected chi connectivity index (χ0v) is 21.4. The molecule has 1 amide bonds. The van der Waals surface area contributed by atoms with Crippen molar-refractivity contribution in [2.45, 2.75) is 18.7 Å². The second-order valence-electron chi connectivity index (χ2n) is 7.92. The molecule has 0 aromatic heterocycles. The number of ether oxygens (including phenoxy) is 1. The fraction of sp³-hybridized carbons (Fsp3) is 0.208. The molecule has 0 radical (unpaired) electrons. The number of hydrogen-bond donors (Lipinski definition) is 2. The van der Waals surface area contributed by atoms with Gasteiger partial charge in [0.15, 0.2) is 0 Å². The molecule has 0 bridgehead atoms. The Morgan fingerprint density at radius 1 is 0.857 bits per heavy atom. The molecule has 11 heteroatoms. The highest BCUT2D eigenvalue weighted by atomic mass is 32.2. The molecule has 0 aliphatic heterocycles. The van der Waals surface area contributed by atoms with Crippen LogP contribution in [0.15, 0.2) is 71.6 Å². The number of nitrogens with one attached hydrogen (secondary N) is 2. The van der Waals surface area contributed by atoms with Crippen molar-refractivity contribution < 1.29 is 26.4 Å². The molecule has 0 aliphatic carbocycles. The Morgan fingerprint density at radius 2 is 1.40 bits per heavy atom. The monoisotopic (exact) mass is 517 g/mol. The van der Waals surface area contributed by atoms with Gasteiger partial charge in [-0.3, -0.25) is 13.8 Å². The molecule has 0 spiro atoms. The van der Waals surface area contributed by atoms with E-state index in [1.165, 1.54) is 31.4 Å². The Kier molecular flexibility index (Phi) is 7.71. The van der Waals surface area contributed by atoms with Gasteiger partial charge in [0.2, 0.25) is 15.9 Å². The van der Waals surface area contributed by atoms with Crippen LogP contribution in [0.2, 0.25) is 0 Å². The Balaban J connectivity index is 1.73. The van der Waals surface area contributed by atoms with Crippen LogP contribution >= 0.6 is 0 Å². The van der Waals surface area contributed by atoms with Gasteiger partial charge in [0, 0.05) is 11.4 Å². The number of aryl methyl sites for hydroxylation is 2. The van der Waals surface area contributed by atoms with Crippen LogP contribution in [0.1, 0.15) is 11.1 Å². The lowest BCUT2D eigenvalue weighted by Gasteiger charge is -2.25. The quantitative estimate of drug-likeness (QED) is 0.448. The molecule has 0 heterocycles. The van der Waals surface area contributed by atoms with Gasteiger partial charge in [0.1, 0.15) is 12.3 Å². The number of nitrogens with zero attached hydrogens (tertiary/aromatic N) is 1. The molecule has 0 saturated carbocycles. The van der Waals surface area contributed by atoms with E-state index in [-0.39, 0.29) is 4.90 Å². The summed E-state index contributed by atoms with van der Waals surface area (Å²) in [4.78, 5) is 12.7. The van der Waals surface area contributed by atoms with Crippen LogP contribution < -0.4 is 19.1 Å². The number of amides is 1. The van der Waals surface area contributed by atoms with Crippen LogP contribution in [-0.4, -0.2) is 42.7 Å². The molecule has 9 nitrogen and oxygen atoms in total. The lowest BCUT2D eigenvalue weighted by molar-refractivity contribution is -0.114. The Bertz CT molecular complexity index is 1400. The minimum atomic E-state index is -3.85. The fourth-order valence-electron chi connectivity index (χ4n) is 3.48. The Labute approximate surface area is 205 Å². The van der Waals surface area contributed by atoms with E-state index in [1.54, 1.807) is 50.2 Å². The zero-order chi connectivity index (χ0) is 25.8. The smallest absolute Gasteiger partial charge is 0.261 e. The van der Waals surface area contributed by atoms with E-state index in [4.69, 9.17) is 4.74 Å². The fourth-order valence-corrected chi connectivity index (χ4v) is 5.51. The van der Waals surface area contributed by atoms with Gasteiger partial charge in [-0.25, -0.2) is 16.8 Å². The lowest BCUT2D eigenvalue weighted by Crippen LogP contribution is -2.38. The third kappa shape index (κ3) is 6.52. The van der Waals surface area contributed by atoms with Gasteiger partial charge in [-0.15, -0.1) is 0 Å². The van der Waals surface area contributed by atoms with Crippen molar-refractivity contribution in [3.8, 4) is 5.75 Å². The average Bonchev–Trinajstić information content (AvgIpc) is 2.78. The molecule has 3 aromatic carbocycles. The Hall–Kier alpha value is -3.57. The molecule has 186 valence electrons. The number of carbonyl (C=O) groups is 1. The first-order valence-electron chi connectivity index (χ1n) is 10.5. The Morgan fingerprint density at radius 3 is 1.91 bits per heavy atom. The predicted octanol–water partition coefficient (Wildman–Crippen LogP) is 3.52. The van der Waals surface area contributed by atoms with Crippen molar-refractivity contribution in [3.05, 3.63) is 77.9 Å². The van der Waals surface area contributed by atoms with Crippen LogP contribution in [0.4, 0.5) is 17.1 Å². The first-order valence-corrected chi connectivity index (χ1v) is 13.8.